The van der Waals surface area contributed by atoms with Crippen LogP contribution in [0.1, 0.15) is 44.3 Å². The number of aromatic nitrogens is 1. The molecule has 3 N–H and O–H groups in total. The molecule has 47 heavy (non-hydrogen) atoms. The van der Waals surface area contributed by atoms with Gasteiger partial charge in [-0.3, -0.25) is 34.3 Å². The van der Waals surface area contributed by atoms with Gasteiger partial charge in [0.05, 0.1) is 35.2 Å². The van der Waals surface area contributed by atoms with Gasteiger partial charge in [0.1, 0.15) is 0 Å². The second kappa shape index (κ2) is 14.8. The number of carbonyl (C=O) groups is 4. The molecule has 0 radical (unpaired) electrons. The summed E-state index contributed by atoms with van der Waals surface area (Å²) in [4.78, 5) is 69.5. The maximum Gasteiger partial charge on any atom is 0.305 e. The van der Waals surface area contributed by atoms with E-state index in [-0.39, 0.29) is 29.1 Å². The standard InChI is InChI=1S/C34H32N6O7/c41-31(19-23-5-2-1-3-6-23)39-17-15-38(16-18-39)30-13-10-25(34(45)36-28(21-32(42)43)26-7-4-14-35-22-26)20-29(30)37-33(44)24-8-11-27(12-9-24)40(46)47/h1-14,20,22,28H,15-19,21H2,(H,36,45)(H,37,44)(H,42,43). The summed E-state index contributed by atoms with van der Waals surface area (Å²) >= 11 is 0. The number of rotatable bonds is 11. The molecule has 0 bridgehead atoms. The van der Waals surface area contributed by atoms with E-state index in [4.69, 9.17) is 0 Å². The smallest absolute Gasteiger partial charge is 0.305 e. The molecule has 1 aliphatic rings. The van der Waals surface area contributed by atoms with Crippen molar-refractivity contribution in [2.75, 3.05) is 36.4 Å². The van der Waals surface area contributed by atoms with Gasteiger partial charge in [0.25, 0.3) is 17.5 Å². The summed E-state index contributed by atoms with van der Waals surface area (Å²) in [6.07, 6.45) is 2.95. The number of nitro groups is 1. The number of amides is 3. The van der Waals surface area contributed by atoms with Crippen molar-refractivity contribution in [3.8, 4) is 0 Å². The minimum Gasteiger partial charge on any atom is -0.481 e. The van der Waals surface area contributed by atoms with E-state index in [0.717, 1.165) is 5.56 Å². The fourth-order valence-electron chi connectivity index (χ4n) is 5.31. The lowest BCUT2D eigenvalue weighted by Gasteiger charge is -2.37. The molecule has 1 unspecified atom stereocenters. The molecular formula is C34H32N6O7. The predicted octanol–water partition coefficient (Wildman–Crippen LogP) is 4.08. The molecule has 0 aliphatic carbocycles. The molecule has 3 aromatic carbocycles. The molecular weight excluding hydrogens is 604 g/mol. The quantitative estimate of drug-likeness (QED) is 0.162. The molecule has 13 nitrogen and oxygen atoms in total. The largest absolute Gasteiger partial charge is 0.481 e. The normalized spacial score (nSPS) is 13.4. The predicted molar refractivity (Wildman–Crippen MR) is 173 cm³/mol. The van der Waals surface area contributed by atoms with Crippen LogP contribution < -0.4 is 15.5 Å². The molecule has 1 aliphatic heterocycles. The van der Waals surface area contributed by atoms with E-state index in [0.29, 0.717) is 49.5 Å². The van der Waals surface area contributed by atoms with E-state index < -0.39 is 28.7 Å². The number of nitro benzene ring substituents is 1. The second-order valence-corrected chi connectivity index (χ2v) is 10.9. The first-order chi connectivity index (χ1) is 22.7. The van der Waals surface area contributed by atoms with Crippen LogP contribution >= 0.6 is 0 Å². The number of nitrogens with zero attached hydrogens (tertiary/aromatic N) is 4. The number of hydrogen-bond acceptors (Lipinski definition) is 8. The minimum atomic E-state index is -1.10. The fourth-order valence-corrected chi connectivity index (χ4v) is 5.31. The van der Waals surface area contributed by atoms with Crippen LogP contribution in [0.2, 0.25) is 0 Å². The first-order valence-electron chi connectivity index (χ1n) is 14.9. The SMILES string of the molecule is O=C(O)CC(NC(=O)c1ccc(N2CCN(C(=O)Cc3ccccc3)CC2)c(NC(=O)c2ccc([N+](=O)[O-])cc2)c1)c1cccnc1. The number of anilines is 2. The van der Waals surface area contributed by atoms with Crippen LogP contribution in [-0.2, 0) is 16.0 Å². The number of carbonyl (C=O) groups excluding carboxylic acids is 3. The van der Waals surface area contributed by atoms with Gasteiger partial charge >= 0.3 is 5.97 Å². The Hall–Kier alpha value is -6.11. The van der Waals surface area contributed by atoms with Crippen LogP contribution in [0, 0.1) is 10.1 Å². The zero-order chi connectivity index (χ0) is 33.3. The Balaban J connectivity index is 1.37. The van der Waals surface area contributed by atoms with Gasteiger partial charge in [-0.05, 0) is 47.5 Å². The molecule has 0 spiro atoms. The lowest BCUT2D eigenvalue weighted by atomic mass is 10.0. The first kappa shape index (κ1) is 32.3. The third kappa shape index (κ3) is 8.34. The van der Waals surface area contributed by atoms with Gasteiger partial charge in [-0.15, -0.1) is 0 Å². The van der Waals surface area contributed by atoms with Gasteiger partial charge in [-0.2, -0.15) is 0 Å². The Bertz CT molecular complexity index is 1760. The molecule has 2 heterocycles. The van der Waals surface area contributed by atoms with Crippen LogP contribution in [0.25, 0.3) is 0 Å². The Morgan fingerprint density at radius 2 is 1.57 bits per heavy atom. The zero-order valence-electron chi connectivity index (χ0n) is 25.2. The number of pyridine rings is 1. The van der Waals surface area contributed by atoms with Crippen LogP contribution in [0.15, 0.2) is 97.3 Å². The number of carboxylic acids is 1. The highest BCUT2D eigenvalue weighted by Gasteiger charge is 2.25. The molecule has 1 aromatic heterocycles. The van der Waals surface area contributed by atoms with Gasteiger partial charge in [0.15, 0.2) is 0 Å². The van der Waals surface area contributed by atoms with Crippen molar-refractivity contribution < 1.29 is 29.2 Å². The van der Waals surface area contributed by atoms with E-state index in [9.17, 15) is 34.4 Å². The van der Waals surface area contributed by atoms with E-state index in [2.05, 4.69) is 15.6 Å². The Morgan fingerprint density at radius 1 is 0.872 bits per heavy atom. The summed E-state index contributed by atoms with van der Waals surface area (Å²) in [5.74, 6) is -2.20. The number of hydrogen-bond donors (Lipinski definition) is 3. The van der Waals surface area contributed by atoms with Gasteiger partial charge in [0.2, 0.25) is 5.91 Å². The summed E-state index contributed by atoms with van der Waals surface area (Å²) in [7, 11) is 0. The molecule has 3 amide bonds. The van der Waals surface area contributed by atoms with E-state index in [1.165, 1.54) is 36.5 Å². The van der Waals surface area contributed by atoms with Crippen molar-refractivity contribution in [2.45, 2.75) is 18.9 Å². The van der Waals surface area contributed by atoms with Gasteiger partial charge < -0.3 is 25.5 Å². The van der Waals surface area contributed by atoms with Crippen molar-refractivity contribution in [1.29, 1.82) is 0 Å². The number of carboxylic acid groups (broad SMARTS) is 1. The van der Waals surface area contributed by atoms with Crippen LogP contribution in [0.5, 0.6) is 0 Å². The highest BCUT2D eigenvalue weighted by molar-refractivity contribution is 6.07. The maximum atomic E-state index is 13.4. The molecule has 240 valence electrons. The van der Waals surface area contributed by atoms with E-state index in [1.54, 1.807) is 35.4 Å². The average molecular weight is 637 g/mol. The number of piperazine rings is 1. The Kier molecular flexibility index (Phi) is 10.2. The molecule has 13 heteroatoms. The maximum absolute atomic E-state index is 13.4. The zero-order valence-corrected chi connectivity index (χ0v) is 25.2. The van der Waals surface area contributed by atoms with Crippen LogP contribution in [-0.4, -0.2) is 69.8 Å². The topological polar surface area (TPSA) is 175 Å². The van der Waals surface area contributed by atoms with Crippen molar-refractivity contribution >= 4 is 40.8 Å². The van der Waals surface area contributed by atoms with Crippen molar-refractivity contribution in [3.63, 3.8) is 0 Å². The van der Waals surface area contributed by atoms with Crippen molar-refractivity contribution in [2.24, 2.45) is 0 Å². The third-order valence-corrected chi connectivity index (χ3v) is 7.79. The summed E-state index contributed by atoms with van der Waals surface area (Å²) in [5, 5.41) is 26.1. The number of non-ortho nitro benzene ring substituents is 1. The molecule has 4 aromatic rings. The number of benzene rings is 3. The molecule has 1 atom stereocenters. The molecule has 0 saturated carbocycles. The average Bonchev–Trinajstić information content (AvgIpc) is 3.08. The lowest BCUT2D eigenvalue weighted by Crippen LogP contribution is -2.49. The van der Waals surface area contributed by atoms with Gasteiger partial charge in [-0.1, -0.05) is 36.4 Å². The number of nitrogens with one attached hydrogen (secondary N) is 2. The second-order valence-electron chi connectivity index (χ2n) is 10.9. The fraction of sp³-hybridized carbons (Fsp3) is 0.206. The minimum absolute atomic E-state index is 0.0131. The highest BCUT2D eigenvalue weighted by atomic mass is 16.6. The van der Waals surface area contributed by atoms with E-state index >= 15 is 0 Å². The third-order valence-electron chi connectivity index (χ3n) is 7.79. The van der Waals surface area contributed by atoms with Crippen LogP contribution in [0.3, 0.4) is 0 Å². The molecule has 1 saturated heterocycles. The number of aliphatic carboxylic acids is 1. The summed E-state index contributed by atoms with van der Waals surface area (Å²) in [5.41, 5.74) is 2.55. The molecule has 5 rings (SSSR count). The van der Waals surface area contributed by atoms with Gasteiger partial charge in [0, 0.05) is 61.8 Å². The Morgan fingerprint density at radius 3 is 2.21 bits per heavy atom. The highest BCUT2D eigenvalue weighted by Crippen LogP contribution is 2.30. The summed E-state index contributed by atoms with van der Waals surface area (Å²) in [6, 6.07) is 21.9. The van der Waals surface area contributed by atoms with Crippen molar-refractivity contribution in [3.05, 3.63) is 130 Å². The monoisotopic (exact) mass is 636 g/mol. The lowest BCUT2D eigenvalue weighted by molar-refractivity contribution is -0.384. The molecule has 1 fully saturated rings. The summed E-state index contributed by atoms with van der Waals surface area (Å²) in [6.45, 7) is 1.83. The van der Waals surface area contributed by atoms with Crippen molar-refractivity contribution in [1.82, 2.24) is 15.2 Å². The summed E-state index contributed by atoms with van der Waals surface area (Å²) < 4.78 is 0. The Labute approximate surface area is 270 Å². The van der Waals surface area contributed by atoms with E-state index in [1.807, 2.05) is 35.2 Å². The van der Waals surface area contributed by atoms with Crippen LogP contribution in [0.4, 0.5) is 17.1 Å². The first-order valence-corrected chi connectivity index (χ1v) is 14.9. The van der Waals surface area contributed by atoms with Gasteiger partial charge in [-0.25, -0.2) is 0 Å².